The Hall–Kier alpha value is -2.83. The van der Waals surface area contributed by atoms with E-state index in [0.717, 1.165) is 38.2 Å². The van der Waals surface area contributed by atoms with E-state index in [1.165, 1.54) is 22.2 Å². The van der Waals surface area contributed by atoms with Crippen molar-refractivity contribution in [3.8, 4) is 0 Å². The highest BCUT2D eigenvalue weighted by molar-refractivity contribution is 5.84. The van der Waals surface area contributed by atoms with Gasteiger partial charge < -0.3 is 25.0 Å². The number of aromatic amines is 1. The van der Waals surface area contributed by atoms with E-state index in [4.69, 9.17) is 0 Å². The largest absolute Gasteiger partial charge is 0.378 e. The van der Waals surface area contributed by atoms with Crippen molar-refractivity contribution >= 4 is 22.5 Å². The summed E-state index contributed by atoms with van der Waals surface area (Å²) in [5, 5.41) is 4.80. The second-order valence-corrected chi connectivity index (χ2v) is 9.22. The summed E-state index contributed by atoms with van der Waals surface area (Å²) in [6.07, 6.45) is 2.12. The minimum absolute atomic E-state index is 0.143. The molecule has 1 aliphatic rings. The molecule has 1 aromatic heterocycles. The summed E-state index contributed by atoms with van der Waals surface area (Å²) in [4.78, 5) is 23.0. The second-order valence-electron chi connectivity index (χ2n) is 9.22. The van der Waals surface area contributed by atoms with E-state index in [9.17, 15) is 4.79 Å². The minimum atomic E-state index is -0.216. The van der Waals surface area contributed by atoms with Crippen LogP contribution in [-0.4, -0.2) is 80.1 Å². The van der Waals surface area contributed by atoms with Gasteiger partial charge in [-0.3, -0.25) is 4.79 Å². The standard InChI is InChI=1S/C27H37N5O/c1-5-31-14-16-32(17-15-31)27(33)20(2)28-18-24(21-10-12-22(13-11-21)30(3)4)25-19-29-26-9-7-6-8-23(25)26/h6-13,19-20,24,28-29H,5,14-18H2,1-4H3. The van der Waals surface area contributed by atoms with E-state index in [-0.39, 0.29) is 17.9 Å². The van der Waals surface area contributed by atoms with Crippen molar-refractivity contribution in [2.24, 2.45) is 0 Å². The summed E-state index contributed by atoms with van der Waals surface area (Å²) in [6.45, 7) is 9.48. The lowest BCUT2D eigenvalue weighted by molar-refractivity contribution is -0.134. The fourth-order valence-corrected chi connectivity index (χ4v) is 4.73. The highest BCUT2D eigenvalue weighted by Gasteiger charge is 2.26. The third kappa shape index (κ3) is 5.23. The maximum Gasteiger partial charge on any atom is 0.239 e. The molecule has 0 aliphatic carbocycles. The molecule has 2 N–H and O–H groups in total. The van der Waals surface area contributed by atoms with Crippen molar-refractivity contribution in [2.45, 2.75) is 25.8 Å². The lowest BCUT2D eigenvalue weighted by Crippen LogP contribution is -2.53. The van der Waals surface area contributed by atoms with Crippen LogP contribution in [0.4, 0.5) is 5.69 Å². The predicted octanol–water partition coefficient (Wildman–Crippen LogP) is 3.51. The number of rotatable bonds is 8. The van der Waals surface area contributed by atoms with Gasteiger partial charge in [-0.15, -0.1) is 0 Å². The van der Waals surface area contributed by atoms with Crippen molar-refractivity contribution in [3.63, 3.8) is 0 Å². The maximum absolute atomic E-state index is 13.1. The fraction of sp³-hybridized carbons (Fsp3) is 0.444. The number of aromatic nitrogens is 1. The zero-order valence-corrected chi connectivity index (χ0v) is 20.3. The Bertz CT molecular complexity index is 1050. The summed E-state index contributed by atoms with van der Waals surface area (Å²) in [5.41, 5.74) is 4.82. The second kappa shape index (κ2) is 10.4. The van der Waals surface area contributed by atoms with Crippen LogP contribution in [0.3, 0.4) is 0 Å². The molecule has 0 saturated carbocycles. The van der Waals surface area contributed by atoms with E-state index < -0.39 is 0 Å². The first kappa shape index (κ1) is 23.3. The number of hydrogen-bond acceptors (Lipinski definition) is 4. The van der Waals surface area contributed by atoms with E-state index in [1.54, 1.807) is 0 Å². The number of anilines is 1. The average Bonchev–Trinajstić information content (AvgIpc) is 3.28. The smallest absolute Gasteiger partial charge is 0.239 e. The lowest BCUT2D eigenvalue weighted by atomic mass is 9.90. The number of benzene rings is 2. The summed E-state index contributed by atoms with van der Waals surface area (Å²) in [7, 11) is 4.11. The first-order valence-corrected chi connectivity index (χ1v) is 12.1. The van der Waals surface area contributed by atoms with Gasteiger partial charge in [-0.1, -0.05) is 37.3 Å². The van der Waals surface area contributed by atoms with E-state index in [0.29, 0.717) is 6.54 Å². The number of carbonyl (C=O) groups is 1. The van der Waals surface area contributed by atoms with Gasteiger partial charge in [0.1, 0.15) is 0 Å². The van der Waals surface area contributed by atoms with Gasteiger partial charge in [-0.05, 0) is 42.8 Å². The summed E-state index contributed by atoms with van der Waals surface area (Å²) in [5.74, 6) is 0.343. The zero-order valence-electron chi connectivity index (χ0n) is 20.3. The Balaban J connectivity index is 1.52. The molecule has 2 heterocycles. The molecule has 3 aromatic rings. The number of hydrogen-bond donors (Lipinski definition) is 2. The number of nitrogens with one attached hydrogen (secondary N) is 2. The van der Waals surface area contributed by atoms with Crippen molar-refractivity contribution in [1.82, 2.24) is 20.1 Å². The Morgan fingerprint density at radius 1 is 1.06 bits per heavy atom. The van der Waals surface area contributed by atoms with Crippen LogP contribution in [-0.2, 0) is 4.79 Å². The van der Waals surface area contributed by atoms with Gasteiger partial charge in [-0.25, -0.2) is 0 Å². The van der Waals surface area contributed by atoms with Crippen LogP contribution in [0.25, 0.3) is 10.9 Å². The van der Waals surface area contributed by atoms with Gasteiger partial charge in [0, 0.05) is 75.5 Å². The normalized spacial score (nSPS) is 16.7. The molecule has 33 heavy (non-hydrogen) atoms. The minimum Gasteiger partial charge on any atom is -0.378 e. The molecule has 0 bridgehead atoms. The number of fused-ring (bicyclic) bond motifs is 1. The Labute approximate surface area is 197 Å². The predicted molar refractivity (Wildman–Crippen MR) is 137 cm³/mol. The summed E-state index contributed by atoms with van der Waals surface area (Å²) < 4.78 is 0. The highest BCUT2D eigenvalue weighted by atomic mass is 16.2. The molecule has 1 aliphatic heterocycles. The molecule has 4 rings (SSSR count). The number of nitrogens with zero attached hydrogens (tertiary/aromatic N) is 3. The van der Waals surface area contributed by atoms with Crippen LogP contribution < -0.4 is 10.2 Å². The molecule has 0 spiro atoms. The molecule has 2 aromatic carbocycles. The molecule has 6 heteroatoms. The number of carbonyl (C=O) groups excluding carboxylic acids is 1. The van der Waals surface area contributed by atoms with Crippen LogP contribution in [0, 0.1) is 0 Å². The molecule has 176 valence electrons. The number of para-hydroxylation sites is 1. The highest BCUT2D eigenvalue weighted by Crippen LogP contribution is 2.31. The van der Waals surface area contributed by atoms with Crippen molar-refractivity contribution < 1.29 is 4.79 Å². The van der Waals surface area contributed by atoms with Gasteiger partial charge in [0.25, 0.3) is 0 Å². The van der Waals surface area contributed by atoms with Gasteiger partial charge in [0.2, 0.25) is 5.91 Å². The molecule has 2 atom stereocenters. The SMILES string of the molecule is CCN1CCN(C(=O)C(C)NCC(c2ccc(N(C)C)cc2)c2c[nH]c3ccccc23)CC1. The van der Waals surface area contributed by atoms with Crippen LogP contribution in [0.15, 0.2) is 54.7 Å². The van der Waals surface area contributed by atoms with Crippen molar-refractivity contribution in [2.75, 3.05) is 58.3 Å². The Kier molecular flexibility index (Phi) is 7.36. The van der Waals surface area contributed by atoms with Crippen molar-refractivity contribution in [3.05, 3.63) is 65.9 Å². The first-order valence-electron chi connectivity index (χ1n) is 12.1. The van der Waals surface area contributed by atoms with Gasteiger partial charge in [0.05, 0.1) is 6.04 Å². The van der Waals surface area contributed by atoms with Crippen LogP contribution in [0.2, 0.25) is 0 Å². The quantitative estimate of drug-likeness (QED) is 0.555. The molecular formula is C27H37N5O. The first-order chi connectivity index (χ1) is 16.0. The lowest BCUT2D eigenvalue weighted by Gasteiger charge is -2.35. The molecular weight excluding hydrogens is 410 g/mol. The van der Waals surface area contributed by atoms with E-state index >= 15 is 0 Å². The van der Waals surface area contributed by atoms with Gasteiger partial charge in [0.15, 0.2) is 0 Å². The van der Waals surface area contributed by atoms with Crippen LogP contribution >= 0.6 is 0 Å². The Morgan fingerprint density at radius 3 is 2.42 bits per heavy atom. The third-order valence-corrected chi connectivity index (χ3v) is 6.94. The monoisotopic (exact) mass is 447 g/mol. The third-order valence-electron chi connectivity index (χ3n) is 6.94. The average molecular weight is 448 g/mol. The van der Waals surface area contributed by atoms with Crippen LogP contribution in [0.1, 0.15) is 30.9 Å². The van der Waals surface area contributed by atoms with Crippen LogP contribution in [0.5, 0.6) is 0 Å². The van der Waals surface area contributed by atoms with Gasteiger partial charge >= 0.3 is 0 Å². The molecule has 6 nitrogen and oxygen atoms in total. The summed E-state index contributed by atoms with van der Waals surface area (Å²) >= 11 is 0. The number of piperazine rings is 1. The zero-order chi connectivity index (χ0) is 23.4. The number of H-pyrrole nitrogens is 1. The molecule has 2 unspecified atom stereocenters. The number of amides is 1. The molecule has 0 radical (unpaired) electrons. The number of likely N-dealkylation sites (N-methyl/N-ethyl adjacent to an activating group) is 1. The van der Waals surface area contributed by atoms with Gasteiger partial charge in [-0.2, -0.15) is 0 Å². The van der Waals surface area contributed by atoms with E-state index in [2.05, 4.69) is 95.8 Å². The van der Waals surface area contributed by atoms with E-state index in [1.807, 2.05) is 11.8 Å². The van der Waals surface area contributed by atoms with Crippen molar-refractivity contribution in [1.29, 1.82) is 0 Å². The molecule has 1 saturated heterocycles. The Morgan fingerprint density at radius 2 is 1.76 bits per heavy atom. The fourth-order valence-electron chi connectivity index (χ4n) is 4.73. The molecule has 1 fully saturated rings. The topological polar surface area (TPSA) is 54.6 Å². The molecule has 1 amide bonds. The summed E-state index contributed by atoms with van der Waals surface area (Å²) in [6, 6.07) is 17.0. The maximum atomic E-state index is 13.1.